The van der Waals surface area contributed by atoms with E-state index in [4.69, 9.17) is 29.6 Å². The summed E-state index contributed by atoms with van der Waals surface area (Å²) in [5, 5.41) is 6.45. The van der Waals surface area contributed by atoms with Crippen LogP contribution >= 0.6 is 23.8 Å². The second-order valence-electron chi connectivity index (χ2n) is 4.43. The van der Waals surface area contributed by atoms with E-state index >= 15 is 0 Å². The summed E-state index contributed by atoms with van der Waals surface area (Å²) in [7, 11) is 0. The van der Waals surface area contributed by atoms with Gasteiger partial charge in [-0.1, -0.05) is 29.9 Å². The molecule has 19 heavy (non-hydrogen) atoms. The highest BCUT2D eigenvalue weighted by Crippen LogP contribution is 2.24. The van der Waals surface area contributed by atoms with E-state index < -0.39 is 0 Å². The van der Waals surface area contributed by atoms with Crippen LogP contribution in [0.25, 0.3) is 0 Å². The summed E-state index contributed by atoms with van der Waals surface area (Å²) in [6.45, 7) is 4.34. The standard InChI is InChI=1S/C13H18ClN3OS/c1-8(2)17-11(18)6-7-16-10-5-3-4-9(14)12(10)13(15)19/h3-5,8,16H,6-7H2,1-2H3,(H2,15,19)(H,17,18). The summed E-state index contributed by atoms with van der Waals surface area (Å²) in [5.74, 6) is 0.00130. The summed E-state index contributed by atoms with van der Waals surface area (Å²) >= 11 is 11.0. The molecule has 0 spiro atoms. The number of anilines is 1. The minimum Gasteiger partial charge on any atom is -0.389 e. The molecule has 0 bridgehead atoms. The van der Waals surface area contributed by atoms with Crippen molar-refractivity contribution in [2.75, 3.05) is 11.9 Å². The van der Waals surface area contributed by atoms with E-state index in [-0.39, 0.29) is 16.9 Å². The average Bonchev–Trinajstić information content (AvgIpc) is 2.27. The molecule has 1 aromatic rings. The Balaban J connectivity index is 2.61. The van der Waals surface area contributed by atoms with Gasteiger partial charge in [0.15, 0.2) is 0 Å². The number of amides is 1. The van der Waals surface area contributed by atoms with Crippen LogP contribution in [0.1, 0.15) is 25.8 Å². The zero-order valence-corrected chi connectivity index (χ0v) is 12.6. The fourth-order valence-electron chi connectivity index (χ4n) is 1.63. The van der Waals surface area contributed by atoms with Gasteiger partial charge in [-0.25, -0.2) is 0 Å². The van der Waals surface area contributed by atoms with Crippen molar-refractivity contribution in [1.29, 1.82) is 0 Å². The normalized spacial score (nSPS) is 10.3. The first-order valence-electron chi connectivity index (χ1n) is 6.03. The van der Waals surface area contributed by atoms with Crippen molar-refractivity contribution in [2.45, 2.75) is 26.3 Å². The number of carbonyl (C=O) groups is 1. The SMILES string of the molecule is CC(C)NC(=O)CCNc1cccc(Cl)c1C(N)=S. The van der Waals surface area contributed by atoms with Crippen molar-refractivity contribution < 1.29 is 4.79 Å². The Morgan fingerprint density at radius 1 is 1.47 bits per heavy atom. The molecule has 6 heteroatoms. The fraction of sp³-hybridized carbons (Fsp3) is 0.385. The lowest BCUT2D eigenvalue weighted by molar-refractivity contribution is -0.121. The smallest absolute Gasteiger partial charge is 0.221 e. The van der Waals surface area contributed by atoms with Crippen LogP contribution in [0.4, 0.5) is 5.69 Å². The Labute approximate surface area is 123 Å². The van der Waals surface area contributed by atoms with Crippen LogP contribution in [0.15, 0.2) is 18.2 Å². The topological polar surface area (TPSA) is 67.2 Å². The molecule has 0 aliphatic heterocycles. The Kier molecular flexibility index (Phi) is 6.05. The fourth-order valence-corrected chi connectivity index (χ4v) is 2.18. The number of rotatable bonds is 6. The van der Waals surface area contributed by atoms with Crippen molar-refractivity contribution in [1.82, 2.24) is 5.32 Å². The maximum absolute atomic E-state index is 11.5. The number of benzene rings is 1. The highest BCUT2D eigenvalue weighted by Gasteiger charge is 2.10. The van der Waals surface area contributed by atoms with Gasteiger partial charge in [0.1, 0.15) is 4.99 Å². The van der Waals surface area contributed by atoms with Gasteiger partial charge in [0, 0.05) is 24.7 Å². The lowest BCUT2D eigenvalue weighted by atomic mass is 10.1. The Morgan fingerprint density at radius 2 is 2.16 bits per heavy atom. The molecule has 0 fully saturated rings. The zero-order valence-electron chi connectivity index (χ0n) is 11.0. The second kappa shape index (κ2) is 7.31. The third-order valence-corrected chi connectivity index (χ3v) is 2.90. The molecule has 0 heterocycles. The van der Waals surface area contributed by atoms with E-state index in [1.807, 2.05) is 19.9 Å². The van der Waals surface area contributed by atoms with Crippen LogP contribution in [0, 0.1) is 0 Å². The maximum Gasteiger partial charge on any atom is 0.221 e. The van der Waals surface area contributed by atoms with E-state index in [1.165, 1.54) is 0 Å². The van der Waals surface area contributed by atoms with Gasteiger partial charge >= 0.3 is 0 Å². The molecule has 0 aliphatic carbocycles. The molecule has 1 amide bonds. The lowest BCUT2D eigenvalue weighted by Gasteiger charge is -2.13. The molecular weight excluding hydrogens is 282 g/mol. The van der Waals surface area contributed by atoms with Crippen LogP contribution in [-0.2, 0) is 4.79 Å². The Hall–Kier alpha value is -1.33. The number of hydrogen-bond donors (Lipinski definition) is 3. The maximum atomic E-state index is 11.5. The minimum atomic E-state index is 0.00130. The first kappa shape index (κ1) is 15.7. The van der Waals surface area contributed by atoms with Crippen LogP contribution in [0.3, 0.4) is 0 Å². The van der Waals surface area contributed by atoms with Crippen LogP contribution < -0.4 is 16.4 Å². The molecule has 104 valence electrons. The highest BCUT2D eigenvalue weighted by atomic mass is 35.5. The van der Waals surface area contributed by atoms with Crippen LogP contribution in [0.2, 0.25) is 5.02 Å². The lowest BCUT2D eigenvalue weighted by Crippen LogP contribution is -2.31. The van der Waals surface area contributed by atoms with Crippen molar-refractivity contribution in [3.8, 4) is 0 Å². The van der Waals surface area contributed by atoms with E-state index in [9.17, 15) is 4.79 Å². The quantitative estimate of drug-likeness (QED) is 0.705. The van der Waals surface area contributed by atoms with Gasteiger partial charge in [0.2, 0.25) is 5.91 Å². The molecule has 0 aliphatic rings. The molecule has 1 rings (SSSR count). The first-order chi connectivity index (χ1) is 8.91. The molecule has 4 N–H and O–H groups in total. The molecule has 0 aromatic heterocycles. The molecule has 0 atom stereocenters. The summed E-state index contributed by atoms with van der Waals surface area (Å²) in [6.07, 6.45) is 0.376. The predicted molar refractivity (Wildman–Crippen MR) is 83.7 cm³/mol. The highest BCUT2D eigenvalue weighted by molar-refractivity contribution is 7.80. The summed E-state index contributed by atoms with van der Waals surface area (Å²) in [4.78, 5) is 11.7. The van der Waals surface area contributed by atoms with Gasteiger partial charge in [-0.2, -0.15) is 0 Å². The van der Waals surface area contributed by atoms with E-state index in [1.54, 1.807) is 12.1 Å². The van der Waals surface area contributed by atoms with Crippen molar-refractivity contribution in [3.63, 3.8) is 0 Å². The third kappa shape index (κ3) is 5.04. The molecule has 0 saturated heterocycles. The number of thiocarbonyl (C=S) groups is 1. The van der Waals surface area contributed by atoms with E-state index in [0.717, 1.165) is 5.69 Å². The zero-order chi connectivity index (χ0) is 14.4. The second-order valence-corrected chi connectivity index (χ2v) is 5.27. The van der Waals surface area contributed by atoms with Crippen LogP contribution in [-0.4, -0.2) is 23.5 Å². The summed E-state index contributed by atoms with van der Waals surface area (Å²) in [6, 6.07) is 5.51. The predicted octanol–water partition coefficient (Wildman–Crippen LogP) is 2.30. The van der Waals surface area contributed by atoms with Gasteiger partial charge in [0.25, 0.3) is 0 Å². The molecule has 4 nitrogen and oxygen atoms in total. The van der Waals surface area contributed by atoms with Gasteiger partial charge in [-0.15, -0.1) is 0 Å². The monoisotopic (exact) mass is 299 g/mol. The van der Waals surface area contributed by atoms with Crippen LogP contribution in [0.5, 0.6) is 0 Å². The van der Waals surface area contributed by atoms with Gasteiger partial charge in [-0.3, -0.25) is 4.79 Å². The van der Waals surface area contributed by atoms with Crippen molar-refractivity contribution in [3.05, 3.63) is 28.8 Å². The number of hydrogen-bond acceptors (Lipinski definition) is 3. The van der Waals surface area contributed by atoms with Gasteiger partial charge in [0.05, 0.1) is 10.6 Å². The Morgan fingerprint density at radius 3 is 2.74 bits per heavy atom. The molecule has 1 aromatic carbocycles. The molecule has 0 unspecified atom stereocenters. The largest absolute Gasteiger partial charge is 0.389 e. The molecule has 0 saturated carbocycles. The van der Waals surface area contributed by atoms with E-state index in [2.05, 4.69) is 10.6 Å². The molecule has 0 radical (unpaired) electrons. The minimum absolute atomic E-state index is 0.00130. The average molecular weight is 300 g/mol. The number of carbonyl (C=O) groups excluding carboxylic acids is 1. The van der Waals surface area contributed by atoms with Crippen molar-refractivity contribution in [2.24, 2.45) is 5.73 Å². The summed E-state index contributed by atoms with van der Waals surface area (Å²) < 4.78 is 0. The third-order valence-electron chi connectivity index (χ3n) is 2.38. The number of nitrogens with one attached hydrogen (secondary N) is 2. The Bertz CT molecular complexity index is 477. The van der Waals surface area contributed by atoms with Crippen molar-refractivity contribution >= 4 is 40.4 Å². The number of halogens is 1. The molecular formula is C13H18ClN3OS. The van der Waals surface area contributed by atoms with Gasteiger partial charge in [-0.05, 0) is 26.0 Å². The van der Waals surface area contributed by atoms with Gasteiger partial charge < -0.3 is 16.4 Å². The number of nitrogens with two attached hydrogens (primary N) is 1. The summed E-state index contributed by atoms with van der Waals surface area (Å²) in [5.41, 5.74) is 7.00. The van der Waals surface area contributed by atoms with E-state index in [0.29, 0.717) is 23.6 Å². The first-order valence-corrected chi connectivity index (χ1v) is 6.82.